The Labute approximate surface area is 118 Å². The van der Waals surface area contributed by atoms with Gasteiger partial charge in [-0.3, -0.25) is 4.72 Å². The van der Waals surface area contributed by atoms with E-state index in [9.17, 15) is 12.8 Å². The molecule has 0 amide bonds. The highest BCUT2D eigenvalue weighted by molar-refractivity contribution is 7.93. The smallest absolute Gasteiger partial charge is 0.236 e. The van der Waals surface area contributed by atoms with Crippen molar-refractivity contribution in [3.8, 4) is 0 Å². The van der Waals surface area contributed by atoms with E-state index in [4.69, 9.17) is 11.6 Å². The molecule has 0 aliphatic carbocycles. The van der Waals surface area contributed by atoms with Gasteiger partial charge in [-0.15, -0.1) is 0 Å². The molecule has 108 valence electrons. The second-order valence-electron chi connectivity index (χ2n) is 4.29. The first-order valence-electron chi connectivity index (χ1n) is 6.04. The van der Waals surface area contributed by atoms with E-state index in [0.717, 1.165) is 19.0 Å². The van der Waals surface area contributed by atoms with Crippen molar-refractivity contribution in [2.75, 3.05) is 17.8 Å². The summed E-state index contributed by atoms with van der Waals surface area (Å²) in [4.78, 5) is 0. The number of hydrogen-bond acceptors (Lipinski definition) is 3. The molecule has 4 nitrogen and oxygen atoms in total. The summed E-state index contributed by atoms with van der Waals surface area (Å²) >= 11 is 5.61. The Morgan fingerprint density at radius 1 is 1.42 bits per heavy atom. The molecule has 1 unspecified atom stereocenters. The Hall–Kier alpha value is -0.850. The molecule has 0 aliphatic rings. The summed E-state index contributed by atoms with van der Waals surface area (Å²) in [6.45, 7) is 4.62. The van der Waals surface area contributed by atoms with Crippen LogP contribution in [-0.2, 0) is 10.0 Å². The van der Waals surface area contributed by atoms with E-state index in [0.29, 0.717) is 6.54 Å². The van der Waals surface area contributed by atoms with Crippen molar-refractivity contribution in [2.24, 2.45) is 0 Å². The summed E-state index contributed by atoms with van der Waals surface area (Å²) in [5.74, 6) is -0.690. The largest absolute Gasteiger partial charge is 0.315 e. The van der Waals surface area contributed by atoms with Crippen molar-refractivity contribution in [2.45, 2.75) is 25.5 Å². The van der Waals surface area contributed by atoms with Crippen molar-refractivity contribution in [1.82, 2.24) is 5.32 Å². The van der Waals surface area contributed by atoms with Crippen LogP contribution in [0.1, 0.15) is 20.3 Å². The van der Waals surface area contributed by atoms with Gasteiger partial charge in [0, 0.05) is 11.6 Å². The SMILES string of the molecule is CCCNCC(C)S(=O)(=O)Nc1ccc(Cl)cc1F. The molecule has 0 heterocycles. The topological polar surface area (TPSA) is 58.2 Å². The maximum absolute atomic E-state index is 13.5. The molecular formula is C12H18ClFN2O2S. The Bertz CT molecular complexity index is 522. The minimum Gasteiger partial charge on any atom is -0.315 e. The van der Waals surface area contributed by atoms with E-state index in [-0.39, 0.29) is 10.7 Å². The zero-order valence-electron chi connectivity index (χ0n) is 10.9. The average Bonchev–Trinajstić information content (AvgIpc) is 2.33. The maximum Gasteiger partial charge on any atom is 0.236 e. The van der Waals surface area contributed by atoms with Gasteiger partial charge in [0.25, 0.3) is 0 Å². The van der Waals surface area contributed by atoms with Crippen LogP contribution < -0.4 is 10.0 Å². The molecular weight excluding hydrogens is 291 g/mol. The van der Waals surface area contributed by atoms with Crippen LogP contribution >= 0.6 is 11.6 Å². The molecule has 0 aromatic heterocycles. The molecule has 0 saturated heterocycles. The third kappa shape index (κ3) is 4.97. The van der Waals surface area contributed by atoms with Crippen LogP contribution in [-0.4, -0.2) is 26.8 Å². The van der Waals surface area contributed by atoms with Crippen LogP contribution in [0.3, 0.4) is 0 Å². The van der Waals surface area contributed by atoms with Gasteiger partial charge in [0.2, 0.25) is 10.0 Å². The first kappa shape index (κ1) is 16.2. The minimum absolute atomic E-state index is 0.0910. The number of anilines is 1. The quantitative estimate of drug-likeness (QED) is 0.761. The summed E-state index contributed by atoms with van der Waals surface area (Å²) in [6, 6.07) is 3.81. The fraction of sp³-hybridized carbons (Fsp3) is 0.500. The number of sulfonamides is 1. The zero-order chi connectivity index (χ0) is 14.5. The number of hydrogen-bond donors (Lipinski definition) is 2. The lowest BCUT2D eigenvalue weighted by atomic mass is 10.3. The van der Waals surface area contributed by atoms with Gasteiger partial charge in [0.05, 0.1) is 10.9 Å². The van der Waals surface area contributed by atoms with Crippen molar-refractivity contribution in [3.63, 3.8) is 0 Å². The molecule has 1 rings (SSSR count). The predicted octanol–water partition coefficient (Wildman–Crippen LogP) is 2.61. The third-order valence-corrected chi connectivity index (χ3v) is 4.54. The molecule has 0 radical (unpaired) electrons. The lowest BCUT2D eigenvalue weighted by Crippen LogP contribution is -2.35. The molecule has 0 bridgehead atoms. The van der Waals surface area contributed by atoms with Gasteiger partial charge in [-0.2, -0.15) is 0 Å². The molecule has 2 N–H and O–H groups in total. The van der Waals surface area contributed by atoms with E-state index in [1.807, 2.05) is 6.92 Å². The Morgan fingerprint density at radius 2 is 2.11 bits per heavy atom. The molecule has 0 saturated carbocycles. The molecule has 0 fully saturated rings. The van der Waals surface area contributed by atoms with Crippen molar-refractivity contribution in [3.05, 3.63) is 29.0 Å². The molecule has 1 aromatic carbocycles. The Balaban J connectivity index is 2.73. The number of halogens is 2. The summed E-state index contributed by atoms with van der Waals surface area (Å²) in [5, 5.41) is 2.58. The monoisotopic (exact) mass is 308 g/mol. The van der Waals surface area contributed by atoms with Gasteiger partial charge in [-0.25, -0.2) is 12.8 Å². The minimum atomic E-state index is -3.62. The van der Waals surface area contributed by atoms with Gasteiger partial charge in [0.1, 0.15) is 5.82 Å². The summed E-state index contributed by atoms with van der Waals surface area (Å²) in [6.07, 6.45) is 0.923. The van der Waals surface area contributed by atoms with Crippen molar-refractivity contribution in [1.29, 1.82) is 0 Å². The highest BCUT2D eigenvalue weighted by Crippen LogP contribution is 2.20. The van der Waals surface area contributed by atoms with Crippen LogP contribution in [0.4, 0.5) is 10.1 Å². The van der Waals surface area contributed by atoms with E-state index < -0.39 is 21.1 Å². The first-order valence-corrected chi connectivity index (χ1v) is 7.96. The second kappa shape index (κ2) is 7.07. The molecule has 0 spiro atoms. The van der Waals surface area contributed by atoms with Gasteiger partial charge in [0.15, 0.2) is 0 Å². The van der Waals surface area contributed by atoms with Gasteiger partial charge in [-0.1, -0.05) is 18.5 Å². The molecule has 1 aromatic rings. The van der Waals surface area contributed by atoms with Crippen LogP contribution in [0.2, 0.25) is 5.02 Å². The average molecular weight is 309 g/mol. The second-order valence-corrected chi connectivity index (χ2v) is 6.82. The first-order chi connectivity index (χ1) is 8.86. The summed E-state index contributed by atoms with van der Waals surface area (Å²) < 4.78 is 39.7. The fourth-order valence-corrected chi connectivity index (χ4v) is 2.59. The van der Waals surface area contributed by atoms with E-state index in [1.165, 1.54) is 12.1 Å². The highest BCUT2D eigenvalue weighted by atomic mass is 35.5. The van der Waals surface area contributed by atoms with Crippen LogP contribution in [0.25, 0.3) is 0 Å². The van der Waals surface area contributed by atoms with Gasteiger partial charge < -0.3 is 5.32 Å². The molecule has 1 atom stereocenters. The maximum atomic E-state index is 13.5. The van der Waals surface area contributed by atoms with Gasteiger partial charge >= 0.3 is 0 Å². The van der Waals surface area contributed by atoms with E-state index in [1.54, 1.807) is 6.92 Å². The summed E-state index contributed by atoms with van der Waals surface area (Å²) in [7, 11) is -3.62. The van der Waals surface area contributed by atoms with Crippen molar-refractivity contribution < 1.29 is 12.8 Å². The fourth-order valence-electron chi connectivity index (χ4n) is 1.42. The molecule has 0 aliphatic heterocycles. The Morgan fingerprint density at radius 3 is 2.68 bits per heavy atom. The molecule has 7 heteroatoms. The molecule has 19 heavy (non-hydrogen) atoms. The number of benzene rings is 1. The lowest BCUT2D eigenvalue weighted by Gasteiger charge is -2.15. The third-order valence-electron chi connectivity index (χ3n) is 2.57. The highest BCUT2D eigenvalue weighted by Gasteiger charge is 2.21. The lowest BCUT2D eigenvalue weighted by molar-refractivity contribution is 0.574. The standard InChI is InChI=1S/C12H18ClFN2O2S/c1-3-6-15-8-9(2)19(17,18)16-12-5-4-10(13)7-11(12)14/h4-5,7,9,15-16H,3,6,8H2,1-2H3. The number of nitrogens with one attached hydrogen (secondary N) is 2. The van der Waals surface area contributed by atoms with Crippen molar-refractivity contribution >= 4 is 27.3 Å². The predicted molar refractivity (Wildman–Crippen MR) is 76.6 cm³/mol. The number of rotatable bonds is 7. The zero-order valence-corrected chi connectivity index (χ0v) is 12.5. The van der Waals surface area contributed by atoms with E-state index >= 15 is 0 Å². The van der Waals surface area contributed by atoms with Crippen LogP contribution in [0, 0.1) is 5.82 Å². The normalized spacial score (nSPS) is 13.3. The Kier molecular flexibility index (Phi) is 6.03. The van der Waals surface area contributed by atoms with Gasteiger partial charge in [-0.05, 0) is 38.1 Å². The van der Waals surface area contributed by atoms with E-state index in [2.05, 4.69) is 10.0 Å². The van der Waals surface area contributed by atoms with Crippen LogP contribution in [0.5, 0.6) is 0 Å². The summed E-state index contributed by atoms with van der Waals surface area (Å²) in [5.41, 5.74) is -0.0910. The van der Waals surface area contributed by atoms with Crippen LogP contribution in [0.15, 0.2) is 18.2 Å².